The Morgan fingerprint density at radius 2 is 1.35 bits per heavy atom. The van der Waals surface area contributed by atoms with E-state index in [9.17, 15) is 14.4 Å². The lowest BCUT2D eigenvalue weighted by atomic mass is 9.93. The van der Waals surface area contributed by atoms with Gasteiger partial charge < -0.3 is 15.5 Å². The molecular weight excluding hydrogens is 618 g/mol. The zero-order valence-electron chi connectivity index (χ0n) is 27.2. The lowest BCUT2D eigenvalue weighted by Crippen LogP contribution is -2.59. The summed E-state index contributed by atoms with van der Waals surface area (Å²) in [5, 5.41) is 23.9. The summed E-state index contributed by atoms with van der Waals surface area (Å²) in [7, 11) is 0. The van der Waals surface area contributed by atoms with E-state index in [4.69, 9.17) is 0 Å². The summed E-state index contributed by atoms with van der Waals surface area (Å²) in [4.78, 5) is 39.2. The summed E-state index contributed by atoms with van der Waals surface area (Å²) in [5.41, 5.74) is 6.28. The van der Waals surface area contributed by atoms with Gasteiger partial charge in [-0.3, -0.25) is 14.4 Å². The molecule has 1 aliphatic rings. The Labute approximate surface area is 282 Å². The van der Waals surface area contributed by atoms with Gasteiger partial charge in [-0.05, 0) is 74.9 Å². The van der Waals surface area contributed by atoms with Crippen LogP contribution in [0.15, 0.2) is 109 Å². The molecule has 1 atom stereocenters. The summed E-state index contributed by atoms with van der Waals surface area (Å²) >= 11 is 0. The second kappa shape index (κ2) is 12.6. The summed E-state index contributed by atoms with van der Waals surface area (Å²) in [6, 6.07) is 29.9. The summed E-state index contributed by atoms with van der Waals surface area (Å²) in [6.45, 7) is 5.83. The first-order valence-electron chi connectivity index (χ1n) is 15.8. The SMILES string of the molecule is CC(=O)c1cccc(-n2cc(CNc3ccc(C4(C)NC(=O)c5ccccc5N4Cc4cn(-c5cccc(C(C)=O)c5)nn4)cc3)nn2)c1. The molecule has 0 radical (unpaired) electrons. The number of aromatic nitrogens is 6. The number of ketones is 2. The third-order valence-electron chi connectivity index (χ3n) is 8.69. The first-order valence-corrected chi connectivity index (χ1v) is 15.8. The fourth-order valence-electron chi connectivity index (χ4n) is 5.97. The fourth-order valence-corrected chi connectivity index (χ4v) is 5.97. The quantitative estimate of drug-likeness (QED) is 0.184. The van der Waals surface area contributed by atoms with Crippen LogP contribution >= 0.6 is 0 Å². The molecule has 12 heteroatoms. The standard InChI is InChI=1S/C37H33N9O3/c1-24(47)26-8-6-10-32(18-26)45-22-30(40-42-45)20-38-29-16-14-28(15-17-29)37(3)39-36(49)34-12-4-5-13-35(34)44(37)21-31-23-46(43-41-31)33-11-7-9-27(19-33)25(2)48/h4-19,22-23,38H,20-21H2,1-3H3,(H,39,49). The highest BCUT2D eigenvalue weighted by Gasteiger charge is 2.42. The average Bonchev–Trinajstić information content (AvgIpc) is 3.80. The smallest absolute Gasteiger partial charge is 0.255 e. The number of carbonyl (C=O) groups excluding carboxylic acids is 3. The highest BCUT2D eigenvalue weighted by molar-refractivity contribution is 6.02. The molecule has 6 aromatic rings. The molecule has 2 aromatic heterocycles. The molecule has 2 N–H and O–H groups in total. The summed E-state index contributed by atoms with van der Waals surface area (Å²) in [6.07, 6.45) is 3.66. The van der Waals surface area contributed by atoms with E-state index < -0.39 is 5.66 Å². The van der Waals surface area contributed by atoms with Gasteiger partial charge in [0.05, 0.1) is 48.1 Å². The molecule has 0 saturated carbocycles. The second-order valence-corrected chi connectivity index (χ2v) is 12.1. The molecular formula is C37H33N9O3. The van der Waals surface area contributed by atoms with Crippen LogP contribution in [0, 0.1) is 0 Å². The highest BCUT2D eigenvalue weighted by Crippen LogP contribution is 2.38. The van der Waals surface area contributed by atoms with Gasteiger partial charge >= 0.3 is 0 Å². The van der Waals surface area contributed by atoms with Crippen molar-refractivity contribution in [1.82, 2.24) is 35.3 Å². The fraction of sp³-hybridized carbons (Fsp3) is 0.162. The molecule has 1 unspecified atom stereocenters. The molecule has 49 heavy (non-hydrogen) atoms. The molecule has 0 aliphatic carbocycles. The van der Waals surface area contributed by atoms with Crippen LogP contribution in [0.1, 0.15) is 68.8 Å². The molecule has 12 nitrogen and oxygen atoms in total. The predicted molar refractivity (Wildman–Crippen MR) is 184 cm³/mol. The maximum atomic E-state index is 13.4. The van der Waals surface area contributed by atoms with Gasteiger partial charge in [0.25, 0.3) is 5.91 Å². The number of hydrogen-bond donors (Lipinski definition) is 2. The van der Waals surface area contributed by atoms with Crippen LogP contribution in [0.2, 0.25) is 0 Å². The van der Waals surface area contributed by atoms with Crippen LogP contribution in [0.25, 0.3) is 11.4 Å². The zero-order chi connectivity index (χ0) is 34.1. The number of anilines is 2. The third-order valence-corrected chi connectivity index (χ3v) is 8.69. The Hall–Kier alpha value is -6.43. The maximum Gasteiger partial charge on any atom is 0.255 e. The average molecular weight is 652 g/mol. The van der Waals surface area contributed by atoms with Crippen LogP contribution in [0.4, 0.5) is 11.4 Å². The number of nitrogens with one attached hydrogen (secondary N) is 2. The summed E-state index contributed by atoms with van der Waals surface area (Å²) in [5.74, 6) is -0.207. The monoisotopic (exact) mass is 651 g/mol. The van der Waals surface area contributed by atoms with Crippen LogP contribution in [-0.4, -0.2) is 47.5 Å². The molecule has 0 saturated heterocycles. The Bertz CT molecular complexity index is 2200. The van der Waals surface area contributed by atoms with Crippen molar-refractivity contribution in [2.75, 3.05) is 10.2 Å². The van der Waals surface area contributed by atoms with E-state index in [2.05, 4.69) is 36.2 Å². The molecule has 4 aromatic carbocycles. The van der Waals surface area contributed by atoms with Crippen molar-refractivity contribution in [3.8, 4) is 11.4 Å². The van der Waals surface area contributed by atoms with Crippen molar-refractivity contribution in [3.63, 3.8) is 0 Å². The lowest BCUT2D eigenvalue weighted by molar-refractivity contribution is 0.0884. The second-order valence-electron chi connectivity index (χ2n) is 12.1. The first-order chi connectivity index (χ1) is 23.7. The van der Waals surface area contributed by atoms with Crippen molar-refractivity contribution in [2.24, 2.45) is 0 Å². The molecule has 0 bridgehead atoms. The molecule has 0 spiro atoms. The largest absolute Gasteiger partial charge is 0.379 e. The van der Waals surface area contributed by atoms with Gasteiger partial charge in [-0.25, -0.2) is 9.36 Å². The van der Waals surface area contributed by atoms with E-state index >= 15 is 0 Å². The third kappa shape index (κ3) is 6.19. The van der Waals surface area contributed by atoms with E-state index in [1.165, 1.54) is 13.8 Å². The van der Waals surface area contributed by atoms with Gasteiger partial charge in [0.2, 0.25) is 0 Å². The maximum absolute atomic E-state index is 13.4. The Morgan fingerprint density at radius 3 is 1.98 bits per heavy atom. The number of rotatable bonds is 10. The van der Waals surface area contributed by atoms with Crippen molar-refractivity contribution in [3.05, 3.63) is 143 Å². The van der Waals surface area contributed by atoms with E-state index in [0.717, 1.165) is 34.0 Å². The molecule has 1 aliphatic heterocycles. The lowest BCUT2D eigenvalue weighted by Gasteiger charge is -2.47. The van der Waals surface area contributed by atoms with E-state index in [1.807, 2.05) is 92.1 Å². The van der Waals surface area contributed by atoms with Crippen molar-refractivity contribution in [2.45, 2.75) is 39.5 Å². The minimum absolute atomic E-state index is 0.0118. The van der Waals surface area contributed by atoms with Crippen LogP contribution in [0.5, 0.6) is 0 Å². The van der Waals surface area contributed by atoms with E-state index in [1.54, 1.807) is 33.6 Å². The Kier molecular flexibility index (Phi) is 8.04. The van der Waals surface area contributed by atoms with Gasteiger partial charge in [0.15, 0.2) is 11.6 Å². The molecule has 3 heterocycles. The van der Waals surface area contributed by atoms with Gasteiger partial charge in [-0.15, -0.1) is 10.2 Å². The van der Waals surface area contributed by atoms with Crippen molar-refractivity contribution in [1.29, 1.82) is 0 Å². The van der Waals surface area contributed by atoms with Crippen LogP contribution in [-0.2, 0) is 18.8 Å². The molecule has 0 fully saturated rings. The highest BCUT2D eigenvalue weighted by atomic mass is 16.2. The minimum atomic E-state index is -0.917. The first kappa shape index (κ1) is 31.2. The van der Waals surface area contributed by atoms with Gasteiger partial charge in [-0.1, -0.05) is 59.0 Å². The predicted octanol–water partition coefficient (Wildman–Crippen LogP) is 5.49. The van der Waals surface area contributed by atoms with Crippen molar-refractivity contribution < 1.29 is 14.4 Å². The number of hydrogen-bond acceptors (Lipinski definition) is 9. The van der Waals surface area contributed by atoms with E-state index in [0.29, 0.717) is 35.5 Å². The van der Waals surface area contributed by atoms with Crippen LogP contribution < -0.4 is 15.5 Å². The number of benzene rings is 4. The molecule has 244 valence electrons. The van der Waals surface area contributed by atoms with Crippen LogP contribution in [0.3, 0.4) is 0 Å². The van der Waals surface area contributed by atoms with E-state index in [-0.39, 0.29) is 17.5 Å². The topological polar surface area (TPSA) is 140 Å². The summed E-state index contributed by atoms with van der Waals surface area (Å²) < 4.78 is 3.29. The number of amides is 1. The number of para-hydroxylation sites is 1. The Morgan fingerprint density at radius 1 is 0.755 bits per heavy atom. The van der Waals surface area contributed by atoms with Gasteiger partial charge in [0, 0.05) is 16.8 Å². The zero-order valence-corrected chi connectivity index (χ0v) is 27.2. The number of Topliss-reactive ketones (excluding diaryl/α,β-unsaturated/α-hetero) is 2. The number of nitrogens with zero attached hydrogens (tertiary/aromatic N) is 7. The number of carbonyl (C=O) groups is 3. The van der Waals surface area contributed by atoms with Crippen molar-refractivity contribution >= 4 is 28.8 Å². The number of fused-ring (bicyclic) bond motifs is 1. The van der Waals surface area contributed by atoms with Gasteiger partial charge in [0.1, 0.15) is 17.1 Å². The Balaban J connectivity index is 1.11. The molecule has 7 rings (SSSR count). The molecule has 1 amide bonds. The van der Waals surface area contributed by atoms with Gasteiger partial charge in [-0.2, -0.15) is 0 Å². The minimum Gasteiger partial charge on any atom is -0.379 e. The normalized spacial score (nSPS) is 15.4.